The summed E-state index contributed by atoms with van der Waals surface area (Å²) in [7, 11) is 0. The number of anilines is 1. The Morgan fingerprint density at radius 3 is 2.71 bits per heavy atom. The lowest BCUT2D eigenvalue weighted by atomic mass is 10.1. The summed E-state index contributed by atoms with van der Waals surface area (Å²) in [6, 6.07) is 11.8. The van der Waals surface area contributed by atoms with Crippen molar-refractivity contribution in [2.24, 2.45) is 0 Å². The molecule has 1 saturated carbocycles. The number of urea groups is 1. The average molecular weight is 397 g/mol. The summed E-state index contributed by atoms with van der Waals surface area (Å²) in [5.41, 5.74) is 1.71. The molecule has 3 aromatic rings. The maximum atomic E-state index is 12.5. The molecule has 4 rings (SSSR count). The van der Waals surface area contributed by atoms with E-state index in [4.69, 9.17) is 4.52 Å². The number of hydrogen-bond donors (Lipinski definition) is 2. The molecule has 7 heteroatoms. The van der Waals surface area contributed by atoms with E-state index < -0.39 is 0 Å². The van der Waals surface area contributed by atoms with Gasteiger partial charge in [0.2, 0.25) is 11.7 Å². The summed E-state index contributed by atoms with van der Waals surface area (Å²) >= 11 is 1.57. The Kier molecular flexibility index (Phi) is 6.01. The second kappa shape index (κ2) is 9.01. The van der Waals surface area contributed by atoms with Gasteiger partial charge in [-0.05, 0) is 35.9 Å². The van der Waals surface area contributed by atoms with E-state index in [1.54, 1.807) is 11.3 Å². The molecular formula is C21H24N4O2S. The fraction of sp³-hybridized carbons (Fsp3) is 0.381. The highest BCUT2D eigenvalue weighted by molar-refractivity contribution is 7.13. The fourth-order valence-corrected chi connectivity index (χ4v) is 4.21. The van der Waals surface area contributed by atoms with Gasteiger partial charge in [-0.2, -0.15) is 4.98 Å². The number of amides is 2. The number of aromatic nitrogens is 2. The van der Waals surface area contributed by atoms with Crippen LogP contribution in [-0.4, -0.2) is 22.2 Å². The zero-order chi connectivity index (χ0) is 19.2. The topological polar surface area (TPSA) is 80.1 Å². The van der Waals surface area contributed by atoms with Crippen LogP contribution >= 0.6 is 11.3 Å². The third-order valence-corrected chi connectivity index (χ3v) is 5.87. The van der Waals surface area contributed by atoms with Crippen LogP contribution in [0.5, 0.6) is 0 Å². The van der Waals surface area contributed by atoms with Crippen LogP contribution in [0.3, 0.4) is 0 Å². The maximum Gasteiger partial charge on any atom is 0.319 e. The van der Waals surface area contributed by atoms with Gasteiger partial charge in [0.25, 0.3) is 0 Å². The minimum atomic E-state index is -0.149. The van der Waals surface area contributed by atoms with Gasteiger partial charge < -0.3 is 15.2 Å². The smallest absolute Gasteiger partial charge is 0.319 e. The molecule has 0 unspecified atom stereocenters. The third-order valence-electron chi connectivity index (χ3n) is 5.01. The minimum absolute atomic E-state index is 0.149. The molecule has 28 heavy (non-hydrogen) atoms. The van der Waals surface area contributed by atoms with Crippen LogP contribution in [0, 0.1) is 0 Å². The molecule has 2 amide bonds. The van der Waals surface area contributed by atoms with Crippen LogP contribution in [0.4, 0.5) is 10.5 Å². The van der Waals surface area contributed by atoms with Crippen molar-refractivity contribution in [1.29, 1.82) is 0 Å². The molecule has 2 N–H and O–H groups in total. The first kappa shape index (κ1) is 18.7. The van der Waals surface area contributed by atoms with Crippen molar-refractivity contribution < 1.29 is 9.32 Å². The maximum absolute atomic E-state index is 12.5. The molecule has 0 radical (unpaired) electrons. The number of thiophene rings is 1. The Labute approximate surface area is 168 Å². The molecule has 0 spiro atoms. The van der Waals surface area contributed by atoms with Crippen molar-refractivity contribution in [2.75, 3.05) is 5.32 Å². The zero-order valence-corrected chi connectivity index (χ0v) is 16.5. The van der Waals surface area contributed by atoms with Crippen LogP contribution in [0.25, 0.3) is 10.7 Å². The van der Waals surface area contributed by atoms with E-state index in [-0.39, 0.29) is 12.1 Å². The summed E-state index contributed by atoms with van der Waals surface area (Å²) in [6.07, 6.45) is 7.49. The van der Waals surface area contributed by atoms with E-state index in [0.717, 1.165) is 29.0 Å². The van der Waals surface area contributed by atoms with Crippen molar-refractivity contribution in [2.45, 2.75) is 51.0 Å². The second-order valence-corrected chi connectivity index (χ2v) is 8.06. The van der Waals surface area contributed by atoms with Crippen LogP contribution in [0.15, 0.2) is 46.3 Å². The standard InChI is InChI=1S/C21H24N4O2S/c26-21(22-16-9-3-1-2-4-10-16)23-17-11-6-5-8-15(17)14-19-24-20(25-27-19)18-12-7-13-28-18/h5-8,11-13,16H,1-4,9-10,14H2,(H2,22,23,26). The quantitative estimate of drug-likeness (QED) is 0.579. The van der Waals surface area contributed by atoms with Crippen molar-refractivity contribution >= 4 is 23.1 Å². The lowest BCUT2D eigenvalue weighted by Gasteiger charge is -2.17. The van der Waals surface area contributed by atoms with Gasteiger partial charge >= 0.3 is 6.03 Å². The molecule has 0 saturated heterocycles. The van der Waals surface area contributed by atoms with Gasteiger partial charge in [0.1, 0.15) is 0 Å². The number of nitrogens with one attached hydrogen (secondary N) is 2. The Hall–Kier alpha value is -2.67. The Morgan fingerprint density at radius 2 is 1.93 bits per heavy atom. The third kappa shape index (κ3) is 4.78. The van der Waals surface area contributed by atoms with Gasteiger partial charge in [0, 0.05) is 11.7 Å². The van der Waals surface area contributed by atoms with Crippen LogP contribution < -0.4 is 10.6 Å². The SMILES string of the molecule is O=C(Nc1ccccc1Cc1nc(-c2cccs2)no1)NC1CCCCCC1. The lowest BCUT2D eigenvalue weighted by Crippen LogP contribution is -2.37. The average Bonchev–Trinajstić information content (AvgIpc) is 3.32. The molecule has 0 bridgehead atoms. The van der Waals surface area contributed by atoms with E-state index in [0.29, 0.717) is 18.1 Å². The van der Waals surface area contributed by atoms with Crippen molar-refractivity contribution in [3.05, 3.63) is 53.2 Å². The Morgan fingerprint density at radius 1 is 1.11 bits per heavy atom. The minimum Gasteiger partial charge on any atom is -0.339 e. The second-order valence-electron chi connectivity index (χ2n) is 7.11. The van der Waals surface area contributed by atoms with E-state index in [1.165, 1.54) is 25.7 Å². The number of rotatable bonds is 5. The highest BCUT2D eigenvalue weighted by Crippen LogP contribution is 2.24. The summed E-state index contributed by atoms with van der Waals surface area (Å²) in [4.78, 5) is 17.9. The first-order valence-electron chi connectivity index (χ1n) is 9.80. The molecule has 146 valence electrons. The fourth-order valence-electron chi connectivity index (χ4n) is 3.56. The first-order chi connectivity index (χ1) is 13.8. The highest BCUT2D eigenvalue weighted by Gasteiger charge is 2.16. The molecule has 6 nitrogen and oxygen atoms in total. The molecule has 2 heterocycles. The summed E-state index contributed by atoms with van der Waals surface area (Å²) in [5, 5.41) is 12.2. The molecule has 0 aliphatic heterocycles. The van der Waals surface area contributed by atoms with Gasteiger partial charge in [-0.25, -0.2) is 4.79 Å². The number of carbonyl (C=O) groups is 1. The molecular weight excluding hydrogens is 372 g/mol. The van der Waals surface area contributed by atoms with Crippen molar-refractivity contribution in [3.8, 4) is 10.7 Å². The van der Waals surface area contributed by atoms with Gasteiger partial charge in [-0.1, -0.05) is 55.1 Å². The normalized spacial score (nSPS) is 15.1. The molecule has 2 aromatic heterocycles. The predicted octanol–water partition coefficient (Wildman–Crippen LogP) is 5.23. The molecule has 0 atom stereocenters. The van der Waals surface area contributed by atoms with Gasteiger partial charge in [0.05, 0.1) is 11.3 Å². The first-order valence-corrected chi connectivity index (χ1v) is 10.7. The van der Waals surface area contributed by atoms with E-state index in [2.05, 4.69) is 20.8 Å². The number of hydrogen-bond acceptors (Lipinski definition) is 5. The van der Waals surface area contributed by atoms with Crippen LogP contribution in [-0.2, 0) is 6.42 Å². The Bertz CT molecular complexity index is 899. The number of nitrogens with zero attached hydrogens (tertiary/aromatic N) is 2. The number of carbonyl (C=O) groups excluding carboxylic acids is 1. The van der Waals surface area contributed by atoms with Crippen LogP contribution in [0.1, 0.15) is 50.0 Å². The largest absolute Gasteiger partial charge is 0.339 e. The van der Waals surface area contributed by atoms with Crippen LogP contribution in [0.2, 0.25) is 0 Å². The lowest BCUT2D eigenvalue weighted by molar-refractivity contribution is 0.247. The molecule has 1 fully saturated rings. The monoisotopic (exact) mass is 396 g/mol. The van der Waals surface area contributed by atoms with E-state index >= 15 is 0 Å². The molecule has 1 aliphatic rings. The number of para-hydroxylation sites is 1. The Balaban J connectivity index is 1.41. The highest BCUT2D eigenvalue weighted by atomic mass is 32.1. The van der Waals surface area contributed by atoms with E-state index in [1.807, 2.05) is 41.8 Å². The summed E-state index contributed by atoms with van der Waals surface area (Å²) < 4.78 is 5.40. The number of benzene rings is 1. The molecule has 1 aromatic carbocycles. The van der Waals surface area contributed by atoms with Gasteiger partial charge in [-0.15, -0.1) is 11.3 Å². The summed E-state index contributed by atoms with van der Waals surface area (Å²) in [6.45, 7) is 0. The predicted molar refractivity (Wildman–Crippen MR) is 111 cm³/mol. The zero-order valence-electron chi connectivity index (χ0n) is 15.7. The van der Waals surface area contributed by atoms with Crippen molar-refractivity contribution in [1.82, 2.24) is 15.5 Å². The van der Waals surface area contributed by atoms with Crippen molar-refractivity contribution in [3.63, 3.8) is 0 Å². The summed E-state index contributed by atoms with van der Waals surface area (Å²) in [5.74, 6) is 1.13. The van der Waals surface area contributed by atoms with Gasteiger partial charge in [0.15, 0.2) is 0 Å². The van der Waals surface area contributed by atoms with E-state index in [9.17, 15) is 4.79 Å². The molecule has 1 aliphatic carbocycles. The van der Waals surface area contributed by atoms with Gasteiger partial charge in [-0.3, -0.25) is 0 Å².